The van der Waals surface area contributed by atoms with Gasteiger partial charge in [0.1, 0.15) is 0 Å². The molecule has 0 heterocycles. The second-order valence-corrected chi connectivity index (χ2v) is 0.495. The molecule has 0 nitrogen and oxygen atoms in total. The second-order valence-electron chi connectivity index (χ2n) is 0.495. The van der Waals surface area contributed by atoms with Crippen molar-refractivity contribution in [3.63, 3.8) is 0 Å². The summed E-state index contributed by atoms with van der Waals surface area (Å²) in [5.74, 6) is 0. The van der Waals surface area contributed by atoms with Crippen molar-refractivity contribution in [2.45, 2.75) is 0 Å². The van der Waals surface area contributed by atoms with Crippen molar-refractivity contribution in [1.29, 1.82) is 0 Å². The maximum atomic E-state index is 9.75. The van der Waals surface area contributed by atoms with Crippen LogP contribution in [0.15, 0.2) is 0 Å². The molecule has 0 aromatic heterocycles. The van der Waals surface area contributed by atoms with Crippen molar-refractivity contribution in [1.82, 2.24) is 0 Å². The molecule has 42 valence electrons. The molecular weight excluding hydrogens is 284 g/mol. The SMILES string of the molecule is F[B-](F)(F)F.[Au+]. The van der Waals surface area contributed by atoms with Crippen molar-refractivity contribution in [2.75, 3.05) is 0 Å². The topological polar surface area (TPSA) is 0 Å². The molecule has 0 rings (SSSR count). The van der Waals surface area contributed by atoms with E-state index >= 15 is 0 Å². The molecule has 6 heavy (non-hydrogen) atoms. The number of hydrogen-bond donors (Lipinski definition) is 0. The van der Waals surface area contributed by atoms with Crippen LogP contribution in [0.25, 0.3) is 0 Å². The van der Waals surface area contributed by atoms with E-state index in [0.717, 1.165) is 0 Å². The summed E-state index contributed by atoms with van der Waals surface area (Å²) in [6.07, 6.45) is 0. The van der Waals surface area contributed by atoms with Crippen LogP contribution < -0.4 is 0 Å². The van der Waals surface area contributed by atoms with Gasteiger partial charge < -0.3 is 17.3 Å². The minimum Gasteiger partial charge on any atom is -0.418 e. The Morgan fingerprint density at radius 1 is 0.833 bits per heavy atom. The first kappa shape index (κ1) is 9.73. The Labute approximate surface area is 47.5 Å². The largest absolute Gasteiger partial charge is 1.00 e. The fourth-order valence-electron chi connectivity index (χ4n) is 0. The van der Waals surface area contributed by atoms with Crippen molar-refractivity contribution >= 4 is 7.25 Å². The molecule has 0 aliphatic rings. The van der Waals surface area contributed by atoms with Gasteiger partial charge in [-0.3, -0.25) is 0 Å². The number of rotatable bonds is 0. The molecule has 0 aromatic carbocycles. The van der Waals surface area contributed by atoms with E-state index in [4.69, 9.17) is 0 Å². The summed E-state index contributed by atoms with van der Waals surface area (Å²) in [4.78, 5) is 0. The van der Waals surface area contributed by atoms with Gasteiger partial charge in [-0.05, 0) is 0 Å². The molecule has 0 aromatic rings. The monoisotopic (exact) mass is 284 g/mol. The molecule has 0 fully saturated rings. The molecule has 0 saturated heterocycles. The van der Waals surface area contributed by atoms with Crippen LogP contribution in [0.4, 0.5) is 17.3 Å². The molecule has 0 atom stereocenters. The molecule has 0 amide bonds. The van der Waals surface area contributed by atoms with Gasteiger partial charge in [0.15, 0.2) is 0 Å². The Hall–Kier alpha value is 0.525. The van der Waals surface area contributed by atoms with Crippen molar-refractivity contribution in [3.8, 4) is 0 Å². The third kappa shape index (κ3) is 204. The van der Waals surface area contributed by atoms with E-state index in [-0.39, 0.29) is 22.4 Å². The van der Waals surface area contributed by atoms with Crippen LogP contribution >= 0.6 is 0 Å². The summed E-state index contributed by atoms with van der Waals surface area (Å²) in [5, 5.41) is 0. The summed E-state index contributed by atoms with van der Waals surface area (Å²) in [6, 6.07) is 0. The standard InChI is InChI=1S/Au.BF4/c;2-1(3,4)5/q+1;-1. The predicted molar refractivity (Wildman–Crippen MR) is 10.2 cm³/mol. The van der Waals surface area contributed by atoms with Gasteiger partial charge in [-0.15, -0.1) is 0 Å². The fourth-order valence-corrected chi connectivity index (χ4v) is 0. The Morgan fingerprint density at radius 3 is 0.833 bits per heavy atom. The molecule has 0 saturated carbocycles. The summed E-state index contributed by atoms with van der Waals surface area (Å²) in [7, 11) is -6.00. The van der Waals surface area contributed by atoms with Crippen LogP contribution in [-0.2, 0) is 22.4 Å². The van der Waals surface area contributed by atoms with E-state index in [1.54, 1.807) is 0 Å². The molecule has 0 spiro atoms. The van der Waals surface area contributed by atoms with E-state index in [2.05, 4.69) is 0 Å². The third-order valence-electron chi connectivity index (χ3n) is 0. The first-order valence-corrected chi connectivity index (χ1v) is 0.873. The summed E-state index contributed by atoms with van der Waals surface area (Å²) in [5.41, 5.74) is 0. The molecular formula is AuBF4. The van der Waals surface area contributed by atoms with Crippen molar-refractivity contribution in [3.05, 3.63) is 0 Å². The van der Waals surface area contributed by atoms with Gasteiger partial charge >= 0.3 is 29.6 Å². The van der Waals surface area contributed by atoms with E-state index in [1.165, 1.54) is 0 Å². The number of halogens is 4. The van der Waals surface area contributed by atoms with E-state index < -0.39 is 7.25 Å². The Kier molecular flexibility index (Phi) is 4.31. The maximum Gasteiger partial charge on any atom is 1.00 e. The van der Waals surface area contributed by atoms with Gasteiger partial charge in [-0.1, -0.05) is 0 Å². The minimum absolute atomic E-state index is 0. The zero-order valence-electron chi connectivity index (χ0n) is 2.39. The van der Waals surface area contributed by atoms with Crippen LogP contribution in [0.5, 0.6) is 0 Å². The summed E-state index contributed by atoms with van der Waals surface area (Å²) < 4.78 is 39.0. The predicted octanol–water partition coefficient (Wildman–Crippen LogP) is 1.30. The molecule has 0 aliphatic carbocycles. The van der Waals surface area contributed by atoms with Gasteiger partial charge in [0.05, 0.1) is 0 Å². The van der Waals surface area contributed by atoms with E-state index in [9.17, 15) is 17.3 Å². The fraction of sp³-hybridized carbons (Fsp3) is 0. The average molecular weight is 284 g/mol. The van der Waals surface area contributed by atoms with Gasteiger partial charge in [0.2, 0.25) is 0 Å². The quantitative estimate of drug-likeness (QED) is 0.464. The smallest absolute Gasteiger partial charge is 0.418 e. The second kappa shape index (κ2) is 2.66. The molecule has 0 radical (unpaired) electrons. The van der Waals surface area contributed by atoms with Crippen LogP contribution in [-0.4, -0.2) is 7.25 Å². The van der Waals surface area contributed by atoms with E-state index in [1.807, 2.05) is 0 Å². The first-order valence-electron chi connectivity index (χ1n) is 0.873. The first-order chi connectivity index (χ1) is 2.00. The maximum absolute atomic E-state index is 9.75. The van der Waals surface area contributed by atoms with Gasteiger partial charge in [-0.2, -0.15) is 0 Å². The molecule has 0 unspecified atom stereocenters. The Morgan fingerprint density at radius 2 is 0.833 bits per heavy atom. The Balaban J connectivity index is 0. The molecule has 0 aliphatic heterocycles. The molecule has 0 N–H and O–H groups in total. The molecule has 0 bridgehead atoms. The van der Waals surface area contributed by atoms with Gasteiger partial charge in [0.25, 0.3) is 0 Å². The zero-order chi connectivity index (χ0) is 4.50. The van der Waals surface area contributed by atoms with Gasteiger partial charge in [0, 0.05) is 0 Å². The van der Waals surface area contributed by atoms with Crippen LogP contribution in [0.3, 0.4) is 0 Å². The molecule has 6 heteroatoms. The third-order valence-corrected chi connectivity index (χ3v) is 0. The summed E-state index contributed by atoms with van der Waals surface area (Å²) >= 11 is 0. The van der Waals surface area contributed by atoms with E-state index in [0.29, 0.717) is 0 Å². The Bertz CT molecular complexity index is 23.0. The van der Waals surface area contributed by atoms with Crippen LogP contribution in [0.2, 0.25) is 0 Å². The minimum atomic E-state index is -6.00. The van der Waals surface area contributed by atoms with Gasteiger partial charge in [-0.25, -0.2) is 0 Å². The normalized spacial score (nSPS) is 10.0. The van der Waals surface area contributed by atoms with Crippen LogP contribution in [0.1, 0.15) is 0 Å². The van der Waals surface area contributed by atoms with Crippen molar-refractivity contribution < 1.29 is 39.6 Å². The van der Waals surface area contributed by atoms with Crippen LogP contribution in [0, 0.1) is 0 Å². The van der Waals surface area contributed by atoms with Crippen molar-refractivity contribution in [2.24, 2.45) is 0 Å². The number of hydrogen-bond acceptors (Lipinski definition) is 0. The summed E-state index contributed by atoms with van der Waals surface area (Å²) in [6.45, 7) is 0. The zero-order valence-corrected chi connectivity index (χ0v) is 4.56. The average Bonchev–Trinajstić information content (AvgIpc) is 0.722.